The fraction of sp³-hybridized carbons (Fsp3) is 0.400. The van der Waals surface area contributed by atoms with Crippen LogP contribution in [0.5, 0.6) is 0 Å². The molecule has 0 aliphatic heterocycles. The number of hydrogen-bond acceptors (Lipinski definition) is 5. The third kappa shape index (κ3) is 3.04. The first-order valence-electron chi connectivity index (χ1n) is 6.52. The van der Waals surface area contributed by atoms with Crippen LogP contribution in [-0.2, 0) is 11.2 Å². The van der Waals surface area contributed by atoms with Gasteiger partial charge < -0.3 is 10.5 Å². The van der Waals surface area contributed by atoms with Crippen LogP contribution in [0.2, 0.25) is 0 Å². The summed E-state index contributed by atoms with van der Waals surface area (Å²) in [5.41, 5.74) is 7.25. The Kier molecular flexibility index (Phi) is 4.20. The van der Waals surface area contributed by atoms with Crippen molar-refractivity contribution in [2.24, 2.45) is 0 Å². The van der Waals surface area contributed by atoms with Crippen LogP contribution in [0.1, 0.15) is 42.9 Å². The first-order chi connectivity index (χ1) is 9.33. The Morgan fingerprint density at radius 2 is 2.10 bits per heavy atom. The number of esters is 1. The molecule has 0 saturated heterocycles. The topological polar surface area (TPSA) is 52.3 Å². The van der Waals surface area contributed by atoms with Gasteiger partial charge in [-0.2, -0.15) is 0 Å². The summed E-state index contributed by atoms with van der Waals surface area (Å²) in [6.45, 7) is 7.62. The number of thiophene rings is 2. The summed E-state index contributed by atoms with van der Waals surface area (Å²) in [6.07, 6.45) is 0.804. The maximum Gasteiger partial charge on any atom is 0.351 e. The highest BCUT2D eigenvalue weighted by atomic mass is 32.1. The lowest BCUT2D eigenvalue weighted by Gasteiger charge is -2.19. The average Bonchev–Trinajstić information content (AvgIpc) is 2.93. The van der Waals surface area contributed by atoms with Crippen molar-refractivity contribution in [1.29, 1.82) is 0 Å². The van der Waals surface area contributed by atoms with Crippen LogP contribution in [0.15, 0.2) is 17.5 Å². The Labute approximate surface area is 127 Å². The van der Waals surface area contributed by atoms with Gasteiger partial charge in [0, 0.05) is 4.88 Å². The number of carbonyl (C=O) groups excluding carboxylic acids is 1. The Morgan fingerprint density at radius 3 is 2.60 bits per heavy atom. The highest BCUT2D eigenvalue weighted by Crippen LogP contribution is 2.41. The van der Waals surface area contributed by atoms with Crippen molar-refractivity contribution in [3.63, 3.8) is 0 Å². The molecule has 2 aromatic heterocycles. The standard InChI is InChI=1S/C15H19NO2S2/c1-5-9-11(16)13(14(17)18-15(2,3)4)20-12(9)10-7-6-8-19-10/h6-8H,5,16H2,1-4H3. The number of anilines is 1. The van der Waals surface area contributed by atoms with E-state index in [9.17, 15) is 4.79 Å². The molecule has 0 unspecified atom stereocenters. The highest BCUT2D eigenvalue weighted by Gasteiger charge is 2.25. The molecule has 20 heavy (non-hydrogen) atoms. The minimum Gasteiger partial charge on any atom is -0.456 e. The third-order valence-electron chi connectivity index (χ3n) is 2.73. The van der Waals surface area contributed by atoms with Crippen molar-refractivity contribution >= 4 is 34.3 Å². The number of ether oxygens (including phenoxy) is 1. The van der Waals surface area contributed by atoms with Gasteiger partial charge in [-0.05, 0) is 44.2 Å². The Morgan fingerprint density at radius 1 is 1.40 bits per heavy atom. The summed E-state index contributed by atoms with van der Waals surface area (Å²) in [5.74, 6) is -0.336. The molecule has 3 nitrogen and oxygen atoms in total. The summed E-state index contributed by atoms with van der Waals surface area (Å²) >= 11 is 3.08. The molecule has 0 atom stereocenters. The lowest BCUT2D eigenvalue weighted by Crippen LogP contribution is -2.23. The van der Waals surface area contributed by atoms with Gasteiger partial charge in [-0.15, -0.1) is 22.7 Å². The molecule has 108 valence electrons. The normalized spacial score (nSPS) is 11.6. The molecule has 0 fully saturated rings. The van der Waals surface area contributed by atoms with Gasteiger partial charge in [0.1, 0.15) is 10.5 Å². The van der Waals surface area contributed by atoms with Gasteiger partial charge in [-0.3, -0.25) is 0 Å². The SMILES string of the molecule is CCc1c(-c2cccs2)sc(C(=O)OC(C)(C)C)c1N. The van der Waals surface area contributed by atoms with Gasteiger partial charge in [0.2, 0.25) is 0 Å². The molecule has 0 aliphatic rings. The van der Waals surface area contributed by atoms with E-state index in [1.54, 1.807) is 11.3 Å². The summed E-state index contributed by atoms with van der Waals surface area (Å²) in [5, 5.41) is 2.03. The molecule has 0 aromatic carbocycles. The minimum absolute atomic E-state index is 0.336. The lowest BCUT2D eigenvalue weighted by molar-refractivity contribution is 0.00763. The molecule has 2 heterocycles. The number of hydrogen-bond donors (Lipinski definition) is 1. The fourth-order valence-electron chi connectivity index (χ4n) is 1.91. The highest BCUT2D eigenvalue weighted by molar-refractivity contribution is 7.22. The molecule has 0 aliphatic carbocycles. The summed E-state index contributed by atoms with van der Waals surface area (Å²) in [6, 6.07) is 4.05. The third-order valence-corrected chi connectivity index (χ3v) is 5.01. The second kappa shape index (κ2) is 5.58. The molecule has 2 aromatic rings. The monoisotopic (exact) mass is 309 g/mol. The van der Waals surface area contributed by atoms with E-state index in [2.05, 4.69) is 0 Å². The first-order valence-corrected chi connectivity index (χ1v) is 8.21. The van der Waals surface area contributed by atoms with Crippen molar-refractivity contribution < 1.29 is 9.53 Å². The van der Waals surface area contributed by atoms with Gasteiger partial charge in [0.15, 0.2) is 0 Å². The second-order valence-corrected chi connectivity index (χ2v) is 7.45. The molecular formula is C15H19NO2S2. The van der Waals surface area contributed by atoms with Gasteiger partial charge in [-0.1, -0.05) is 13.0 Å². The van der Waals surface area contributed by atoms with E-state index in [1.807, 2.05) is 45.2 Å². The van der Waals surface area contributed by atoms with Crippen LogP contribution in [0, 0.1) is 0 Å². The molecule has 2 rings (SSSR count). The molecule has 5 heteroatoms. The lowest BCUT2D eigenvalue weighted by atomic mass is 10.1. The van der Waals surface area contributed by atoms with Crippen molar-refractivity contribution in [2.75, 3.05) is 5.73 Å². The molecule has 0 spiro atoms. The smallest absolute Gasteiger partial charge is 0.351 e. The number of carbonyl (C=O) groups is 1. The van der Waals surface area contributed by atoms with E-state index in [0.717, 1.165) is 21.7 Å². The zero-order valence-electron chi connectivity index (χ0n) is 12.1. The molecule has 0 radical (unpaired) electrons. The predicted octanol–water partition coefficient (Wildman–Crippen LogP) is 4.58. The number of nitrogen functional groups attached to an aromatic ring is 1. The summed E-state index contributed by atoms with van der Waals surface area (Å²) in [4.78, 5) is 15.0. The minimum atomic E-state index is -0.511. The zero-order valence-corrected chi connectivity index (χ0v) is 13.8. The summed E-state index contributed by atoms with van der Waals surface area (Å²) < 4.78 is 5.43. The van der Waals surface area contributed by atoms with Crippen molar-refractivity contribution in [3.8, 4) is 9.75 Å². The second-order valence-electron chi connectivity index (χ2n) is 5.49. The zero-order chi connectivity index (χ0) is 14.9. The predicted molar refractivity (Wildman–Crippen MR) is 86.6 cm³/mol. The van der Waals surface area contributed by atoms with Crippen molar-refractivity contribution in [3.05, 3.63) is 28.0 Å². The van der Waals surface area contributed by atoms with E-state index in [1.165, 1.54) is 11.3 Å². The van der Waals surface area contributed by atoms with Gasteiger partial charge in [0.05, 0.1) is 10.6 Å². The molecule has 2 N–H and O–H groups in total. The van der Waals surface area contributed by atoms with Gasteiger partial charge in [0.25, 0.3) is 0 Å². The molecule has 0 bridgehead atoms. The average molecular weight is 309 g/mol. The maximum atomic E-state index is 12.2. The Balaban J connectivity index is 2.44. The van der Waals surface area contributed by atoms with E-state index in [-0.39, 0.29) is 5.97 Å². The quantitative estimate of drug-likeness (QED) is 0.845. The first kappa shape index (κ1) is 15.1. The van der Waals surface area contributed by atoms with Crippen LogP contribution in [0.25, 0.3) is 9.75 Å². The molecule has 0 saturated carbocycles. The van der Waals surface area contributed by atoms with Crippen LogP contribution < -0.4 is 5.73 Å². The van der Waals surface area contributed by atoms with Crippen LogP contribution in [0.3, 0.4) is 0 Å². The van der Waals surface area contributed by atoms with E-state index in [0.29, 0.717) is 10.6 Å². The van der Waals surface area contributed by atoms with E-state index < -0.39 is 5.60 Å². The van der Waals surface area contributed by atoms with Crippen molar-refractivity contribution in [2.45, 2.75) is 39.7 Å². The van der Waals surface area contributed by atoms with Crippen molar-refractivity contribution in [1.82, 2.24) is 0 Å². The molecule has 0 amide bonds. The number of nitrogens with two attached hydrogens (primary N) is 1. The van der Waals surface area contributed by atoms with Gasteiger partial charge in [-0.25, -0.2) is 4.79 Å². The van der Waals surface area contributed by atoms with Crippen LogP contribution >= 0.6 is 22.7 Å². The van der Waals surface area contributed by atoms with E-state index >= 15 is 0 Å². The van der Waals surface area contributed by atoms with Gasteiger partial charge >= 0.3 is 5.97 Å². The maximum absolute atomic E-state index is 12.2. The summed E-state index contributed by atoms with van der Waals surface area (Å²) in [7, 11) is 0. The molecular weight excluding hydrogens is 290 g/mol. The van der Waals surface area contributed by atoms with Crippen LogP contribution in [0.4, 0.5) is 5.69 Å². The Bertz CT molecular complexity index is 607. The van der Waals surface area contributed by atoms with E-state index in [4.69, 9.17) is 10.5 Å². The largest absolute Gasteiger partial charge is 0.456 e. The number of rotatable bonds is 3. The Hall–Kier alpha value is -1.33. The van der Waals surface area contributed by atoms with Crippen LogP contribution in [-0.4, -0.2) is 11.6 Å². The fourth-order valence-corrected chi connectivity index (χ4v) is 3.98.